The Kier molecular flexibility index (Phi) is 3.87. The monoisotopic (exact) mass is 218 g/mol. The van der Waals surface area contributed by atoms with Crippen LogP contribution in [0.5, 0.6) is 0 Å². The lowest BCUT2D eigenvalue weighted by atomic mass is 10.4. The highest BCUT2D eigenvalue weighted by Crippen LogP contribution is 2.15. The summed E-state index contributed by atoms with van der Waals surface area (Å²) in [7, 11) is -0.748. The zero-order chi connectivity index (χ0) is 9.84. The SMILES string of the molecule is Cc1csc(NC(C)CS(C)=O)n1. The van der Waals surface area contributed by atoms with E-state index in [2.05, 4.69) is 10.3 Å². The van der Waals surface area contributed by atoms with E-state index in [1.54, 1.807) is 17.6 Å². The zero-order valence-electron chi connectivity index (χ0n) is 8.03. The molecular formula is C8H14N2OS2. The van der Waals surface area contributed by atoms with E-state index in [4.69, 9.17) is 0 Å². The van der Waals surface area contributed by atoms with Gasteiger partial charge in [-0.15, -0.1) is 11.3 Å². The second-order valence-corrected chi connectivity index (χ2v) is 5.42. The molecule has 0 saturated carbocycles. The van der Waals surface area contributed by atoms with Crippen molar-refractivity contribution >= 4 is 27.3 Å². The van der Waals surface area contributed by atoms with E-state index in [9.17, 15) is 4.21 Å². The molecule has 0 radical (unpaired) electrons. The number of hydrogen-bond donors (Lipinski definition) is 1. The molecule has 3 nitrogen and oxygen atoms in total. The first kappa shape index (κ1) is 10.7. The third kappa shape index (κ3) is 3.87. The van der Waals surface area contributed by atoms with Crippen LogP contribution in [0.2, 0.25) is 0 Å². The lowest BCUT2D eigenvalue weighted by Crippen LogP contribution is -2.22. The number of thiazole rings is 1. The number of rotatable bonds is 4. The fourth-order valence-electron chi connectivity index (χ4n) is 1.02. The summed E-state index contributed by atoms with van der Waals surface area (Å²) in [5, 5.41) is 6.12. The van der Waals surface area contributed by atoms with E-state index in [1.807, 2.05) is 19.2 Å². The zero-order valence-corrected chi connectivity index (χ0v) is 9.67. The van der Waals surface area contributed by atoms with Crippen LogP contribution < -0.4 is 5.32 Å². The van der Waals surface area contributed by atoms with Crippen molar-refractivity contribution in [2.24, 2.45) is 0 Å². The molecule has 2 unspecified atom stereocenters. The summed E-state index contributed by atoms with van der Waals surface area (Å²) in [4.78, 5) is 4.27. The van der Waals surface area contributed by atoms with Gasteiger partial charge in [-0.05, 0) is 13.8 Å². The highest BCUT2D eigenvalue weighted by Gasteiger charge is 2.05. The van der Waals surface area contributed by atoms with Gasteiger partial charge in [0.25, 0.3) is 0 Å². The molecule has 1 N–H and O–H groups in total. The maximum Gasteiger partial charge on any atom is 0.183 e. The second-order valence-electron chi connectivity index (χ2n) is 3.08. The van der Waals surface area contributed by atoms with E-state index in [0.29, 0.717) is 5.75 Å². The molecule has 0 bridgehead atoms. The third-order valence-corrected chi connectivity index (χ3v) is 3.33. The maximum atomic E-state index is 10.9. The molecule has 1 aromatic heterocycles. The predicted molar refractivity (Wildman–Crippen MR) is 58.9 cm³/mol. The summed E-state index contributed by atoms with van der Waals surface area (Å²) in [6.45, 7) is 3.97. The molecule has 0 aliphatic heterocycles. The van der Waals surface area contributed by atoms with Gasteiger partial charge in [0.2, 0.25) is 0 Å². The summed E-state index contributed by atoms with van der Waals surface area (Å²) in [6.07, 6.45) is 1.71. The standard InChI is InChI=1S/C8H14N2OS2/c1-6-4-12-8(9-6)10-7(2)5-13(3)11/h4,7H,5H2,1-3H3,(H,9,10). The van der Waals surface area contributed by atoms with Gasteiger partial charge in [-0.1, -0.05) is 0 Å². The second kappa shape index (κ2) is 4.72. The van der Waals surface area contributed by atoms with Crippen molar-refractivity contribution in [2.45, 2.75) is 19.9 Å². The fraction of sp³-hybridized carbons (Fsp3) is 0.625. The molecule has 5 heteroatoms. The van der Waals surface area contributed by atoms with Gasteiger partial charge in [-0.3, -0.25) is 4.21 Å². The van der Waals surface area contributed by atoms with Crippen molar-refractivity contribution in [1.82, 2.24) is 4.98 Å². The van der Waals surface area contributed by atoms with Gasteiger partial charge < -0.3 is 5.32 Å². The van der Waals surface area contributed by atoms with Crippen molar-refractivity contribution in [3.8, 4) is 0 Å². The topological polar surface area (TPSA) is 42.0 Å². The van der Waals surface area contributed by atoms with Crippen LogP contribution in [-0.2, 0) is 10.8 Å². The predicted octanol–water partition coefficient (Wildman–Crippen LogP) is 1.63. The number of anilines is 1. The highest BCUT2D eigenvalue weighted by atomic mass is 32.2. The number of nitrogens with one attached hydrogen (secondary N) is 1. The molecule has 1 heterocycles. The molecule has 13 heavy (non-hydrogen) atoms. The summed E-state index contributed by atoms with van der Waals surface area (Å²) in [6, 6.07) is 0.219. The van der Waals surface area contributed by atoms with Crippen molar-refractivity contribution in [3.05, 3.63) is 11.1 Å². The summed E-state index contributed by atoms with van der Waals surface area (Å²) in [5.41, 5.74) is 1.03. The molecule has 0 aromatic carbocycles. The molecule has 1 rings (SSSR count). The molecule has 74 valence electrons. The Morgan fingerprint density at radius 3 is 2.92 bits per heavy atom. The van der Waals surface area contributed by atoms with Crippen LogP contribution in [-0.4, -0.2) is 27.2 Å². The molecule has 1 aromatic rings. The quantitative estimate of drug-likeness (QED) is 0.835. The van der Waals surface area contributed by atoms with Crippen LogP contribution >= 0.6 is 11.3 Å². The molecule has 0 saturated heterocycles. The van der Waals surface area contributed by atoms with Crippen molar-refractivity contribution in [1.29, 1.82) is 0 Å². The molecule has 0 spiro atoms. The first-order valence-electron chi connectivity index (χ1n) is 4.06. The van der Waals surface area contributed by atoms with E-state index in [1.165, 1.54) is 0 Å². The number of aryl methyl sites for hydroxylation is 1. The van der Waals surface area contributed by atoms with Crippen LogP contribution in [0.3, 0.4) is 0 Å². The van der Waals surface area contributed by atoms with E-state index >= 15 is 0 Å². The van der Waals surface area contributed by atoms with Gasteiger partial charge >= 0.3 is 0 Å². The van der Waals surface area contributed by atoms with Crippen LogP contribution in [0.15, 0.2) is 5.38 Å². The van der Waals surface area contributed by atoms with Gasteiger partial charge in [0.1, 0.15) is 0 Å². The van der Waals surface area contributed by atoms with Crippen LogP contribution in [0.4, 0.5) is 5.13 Å². The average Bonchev–Trinajstić information content (AvgIpc) is 2.33. The summed E-state index contributed by atoms with van der Waals surface area (Å²) >= 11 is 1.58. The minimum Gasteiger partial charge on any atom is -0.358 e. The Bertz CT molecular complexity index is 298. The molecule has 2 atom stereocenters. The Labute approximate surface area is 85.0 Å². The normalized spacial score (nSPS) is 15.3. The Hall–Kier alpha value is -0.420. The Morgan fingerprint density at radius 2 is 2.46 bits per heavy atom. The maximum absolute atomic E-state index is 10.9. The van der Waals surface area contributed by atoms with Crippen molar-refractivity contribution in [3.63, 3.8) is 0 Å². The minimum absolute atomic E-state index is 0.219. The smallest absolute Gasteiger partial charge is 0.183 e. The molecule has 0 aliphatic carbocycles. The average molecular weight is 218 g/mol. The number of nitrogens with zero attached hydrogens (tertiary/aromatic N) is 1. The lowest BCUT2D eigenvalue weighted by Gasteiger charge is -2.10. The van der Waals surface area contributed by atoms with Crippen LogP contribution in [0.25, 0.3) is 0 Å². The summed E-state index contributed by atoms with van der Waals surface area (Å²) < 4.78 is 10.9. The first-order valence-corrected chi connectivity index (χ1v) is 6.67. The van der Waals surface area contributed by atoms with Gasteiger partial charge in [-0.2, -0.15) is 0 Å². The van der Waals surface area contributed by atoms with Crippen LogP contribution in [0, 0.1) is 6.92 Å². The molecule has 0 amide bonds. The van der Waals surface area contributed by atoms with Gasteiger partial charge in [0.15, 0.2) is 5.13 Å². The largest absolute Gasteiger partial charge is 0.358 e. The Balaban J connectivity index is 2.44. The Morgan fingerprint density at radius 1 is 1.77 bits per heavy atom. The first-order chi connectivity index (χ1) is 6.08. The molecule has 0 aliphatic rings. The number of hydrogen-bond acceptors (Lipinski definition) is 4. The van der Waals surface area contributed by atoms with Crippen molar-refractivity contribution < 1.29 is 4.21 Å². The van der Waals surface area contributed by atoms with Gasteiger partial charge in [0, 0.05) is 34.2 Å². The lowest BCUT2D eigenvalue weighted by molar-refractivity contribution is 0.683. The fourth-order valence-corrected chi connectivity index (χ4v) is 2.61. The molecule has 0 fully saturated rings. The summed E-state index contributed by atoms with van der Waals surface area (Å²) in [5.74, 6) is 0.665. The van der Waals surface area contributed by atoms with Crippen molar-refractivity contribution in [2.75, 3.05) is 17.3 Å². The van der Waals surface area contributed by atoms with E-state index in [0.717, 1.165) is 10.8 Å². The minimum atomic E-state index is -0.748. The third-order valence-electron chi connectivity index (χ3n) is 1.47. The van der Waals surface area contributed by atoms with Gasteiger partial charge in [0.05, 0.1) is 5.69 Å². The van der Waals surface area contributed by atoms with Gasteiger partial charge in [-0.25, -0.2) is 4.98 Å². The van der Waals surface area contributed by atoms with E-state index in [-0.39, 0.29) is 6.04 Å². The van der Waals surface area contributed by atoms with Crippen LogP contribution in [0.1, 0.15) is 12.6 Å². The highest BCUT2D eigenvalue weighted by molar-refractivity contribution is 7.84. The number of aromatic nitrogens is 1. The van der Waals surface area contributed by atoms with E-state index < -0.39 is 10.8 Å². The molecular weight excluding hydrogens is 204 g/mol.